The van der Waals surface area contributed by atoms with Gasteiger partial charge in [-0.1, -0.05) is 12.1 Å². The summed E-state index contributed by atoms with van der Waals surface area (Å²) in [5.74, 6) is -0.140. The van der Waals surface area contributed by atoms with Crippen LogP contribution in [0.25, 0.3) is 0 Å². The van der Waals surface area contributed by atoms with Crippen molar-refractivity contribution in [1.82, 2.24) is 0 Å². The number of benzene rings is 1. The lowest BCUT2D eigenvalue weighted by atomic mass is 10.3. The number of halogens is 1. The average molecular weight is 204 g/mol. The minimum atomic E-state index is -0.407. The van der Waals surface area contributed by atoms with Gasteiger partial charge in [0.25, 0.3) is 0 Å². The van der Waals surface area contributed by atoms with Gasteiger partial charge in [-0.05, 0) is 28.0 Å². The van der Waals surface area contributed by atoms with Gasteiger partial charge in [0, 0.05) is 0 Å². The lowest BCUT2D eigenvalue weighted by Gasteiger charge is -2.01. The molecule has 0 spiro atoms. The highest BCUT2D eigenvalue weighted by atomic mass is 79.9. The van der Waals surface area contributed by atoms with Crippen molar-refractivity contribution in [3.63, 3.8) is 0 Å². The maximum Gasteiger partial charge on any atom is 0.569 e. The first-order valence-corrected chi connectivity index (χ1v) is 3.18. The third-order valence-electron chi connectivity index (χ3n) is 0.781. The summed E-state index contributed by atoms with van der Waals surface area (Å²) >= 11 is 2.95. The zero-order valence-corrected chi connectivity index (χ0v) is 6.40. The van der Waals surface area contributed by atoms with E-state index in [9.17, 15) is 0 Å². The van der Waals surface area contributed by atoms with Crippen LogP contribution in [0.5, 0.6) is 5.75 Å². The fraction of sp³-hybridized carbons (Fsp3) is 0. The molecule has 0 aliphatic carbocycles. The summed E-state index contributed by atoms with van der Waals surface area (Å²) in [5, 5.41) is 8.40. The number of hydrogen-bond acceptors (Lipinski definition) is 2. The maximum absolute atomic E-state index is 8.40. The Bertz CT molecular complexity index is 344. The SMILES string of the molecule is [2H]c1c([2H])c([2H])c(O[B]O)c(Br)c1[2H]. The van der Waals surface area contributed by atoms with Gasteiger partial charge in [-0.15, -0.1) is 0 Å². The van der Waals surface area contributed by atoms with E-state index in [2.05, 4.69) is 20.6 Å². The van der Waals surface area contributed by atoms with Gasteiger partial charge in [0.05, 0.1) is 9.96 Å². The molecular formula is C6H5BBrO2. The Kier molecular flexibility index (Phi) is 1.38. The zero-order valence-electron chi connectivity index (χ0n) is 8.81. The van der Waals surface area contributed by atoms with Crippen LogP contribution in [0, 0.1) is 0 Å². The smallest absolute Gasteiger partial charge is 0.537 e. The van der Waals surface area contributed by atoms with Crippen molar-refractivity contribution in [3.8, 4) is 5.75 Å². The third-order valence-corrected chi connectivity index (χ3v) is 1.34. The first-order valence-electron chi connectivity index (χ1n) is 4.39. The molecule has 0 aliphatic rings. The lowest BCUT2D eigenvalue weighted by molar-refractivity contribution is 0.452. The quantitative estimate of drug-likeness (QED) is 0.736. The Morgan fingerprint density at radius 2 is 2.30 bits per heavy atom. The van der Waals surface area contributed by atoms with Crippen LogP contribution in [-0.4, -0.2) is 12.7 Å². The molecule has 0 aromatic heterocycles. The van der Waals surface area contributed by atoms with Crippen molar-refractivity contribution in [1.29, 1.82) is 0 Å². The molecule has 0 amide bonds. The van der Waals surface area contributed by atoms with Gasteiger partial charge in [0.15, 0.2) is 0 Å². The van der Waals surface area contributed by atoms with E-state index in [4.69, 9.17) is 10.5 Å². The largest absolute Gasteiger partial charge is 0.569 e. The van der Waals surface area contributed by atoms with Crippen molar-refractivity contribution < 1.29 is 15.2 Å². The van der Waals surface area contributed by atoms with E-state index in [1.165, 1.54) is 0 Å². The van der Waals surface area contributed by atoms with Crippen LogP contribution in [0.4, 0.5) is 0 Å². The van der Waals surface area contributed by atoms with Gasteiger partial charge in [-0.2, -0.15) is 0 Å². The van der Waals surface area contributed by atoms with Crippen LogP contribution < -0.4 is 4.65 Å². The van der Waals surface area contributed by atoms with E-state index < -0.39 is 6.04 Å². The van der Waals surface area contributed by atoms with Gasteiger partial charge in [-0.25, -0.2) is 0 Å². The fourth-order valence-electron chi connectivity index (χ4n) is 0.420. The van der Waals surface area contributed by atoms with Crippen LogP contribution in [0.1, 0.15) is 5.48 Å². The van der Waals surface area contributed by atoms with E-state index in [0.29, 0.717) is 7.69 Å². The Hall–Kier alpha value is -0.475. The summed E-state index contributed by atoms with van der Waals surface area (Å²) in [7, 11) is 0.362. The molecule has 1 rings (SSSR count). The van der Waals surface area contributed by atoms with Crippen LogP contribution in [0.3, 0.4) is 0 Å². The van der Waals surface area contributed by atoms with Crippen LogP contribution in [-0.2, 0) is 0 Å². The molecule has 51 valence electrons. The number of para-hydroxylation sites is 1. The Morgan fingerprint density at radius 3 is 3.00 bits per heavy atom. The summed E-state index contributed by atoms with van der Waals surface area (Å²) in [6.45, 7) is 0. The highest BCUT2D eigenvalue weighted by Crippen LogP contribution is 2.22. The minimum absolute atomic E-state index is 0.0776. The molecule has 0 bridgehead atoms. The summed E-state index contributed by atoms with van der Waals surface area (Å²) in [5.41, 5.74) is 0. The Labute approximate surface area is 73.9 Å². The molecule has 10 heavy (non-hydrogen) atoms. The minimum Gasteiger partial charge on any atom is -0.537 e. The number of hydrogen-bond donors (Lipinski definition) is 1. The van der Waals surface area contributed by atoms with Crippen molar-refractivity contribution >= 4 is 23.6 Å². The molecule has 1 aromatic carbocycles. The van der Waals surface area contributed by atoms with Crippen molar-refractivity contribution in [2.75, 3.05) is 0 Å². The standard InChI is InChI=1S/C6H5BBrO2/c8-5-3-1-2-4-6(5)10-7-9/h1-4,9H/i1D,2D,3D,4D. The van der Waals surface area contributed by atoms with Gasteiger partial charge in [-0.3, -0.25) is 0 Å². The molecule has 0 aliphatic heterocycles. The number of rotatable bonds is 2. The second kappa shape index (κ2) is 3.63. The molecule has 0 saturated carbocycles. The first kappa shape index (κ1) is 3.78. The van der Waals surface area contributed by atoms with E-state index in [0.717, 1.165) is 0 Å². The van der Waals surface area contributed by atoms with E-state index >= 15 is 0 Å². The van der Waals surface area contributed by atoms with Crippen molar-refractivity contribution in [2.45, 2.75) is 0 Å². The molecule has 1 N–H and O–H groups in total. The van der Waals surface area contributed by atoms with Gasteiger partial charge < -0.3 is 9.68 Å². The van der Waals surface area contributed by atoms with E-state index in [1.807, 2.05) is 0 Å². The molecule has 2 nitrogen and oxygen atoms in total. The normalized spacial score (nSPS) is 14.6. The molecule has 1 aromatic rings. The maximum atomic E-state index is 8.40. The van der Waals surface area contributed by atoms with Crippen LogP contribution in [0.2, 0.25) is 0 Å². The van der Waals surface area contributed by atoms with E-state index in [1.54, 1.807) is 0 Å². The fourth-order valence-corrected chi connectivity index (χ4v) is 0.711. The molecular weight excluding hydrogens is 195 g/mol. The lowest BCUT2D eigenvalue weighted by Crippen LogP contribution is -1.99. The van der Waals surface area contributed by atoms with E-state index in [-0.39, 0.29) is 28.3 Å². The molecule has 0 fully saturated rings. The average Bonchev–Trinajstić information content (AvgIpc) is 2.19. The monoisotopic (exact) mass is 203 g/mol. The Balaban J connectivity index is 3.43. The van der Waals surface area contributed by atoms with Gasteiger partial charge >= 0.3 is 7.69 Å². The second-order valence-corrected chi connectivity index (χ2v) is 2.16. The zero-order chi connectivity index (χ0) is 10.9. The predicted molar refractivity (Wildman–Crippen MR) is 42.7 cm³/mol. The first-order chi connectivity index (χ1) is 6.50. The molecule has 0 atom stereocenters. The van der Waals surface area contributed by atoms with Crippen LogP contribution >= 0.6 is 15.9 Å². The molecule has 0 unspecified atom stereocenters. The molecule has 1 radical (unpaired) electrons. The highest BCUT2D eigenvalue weighted by Gasteiger charge is 1.97. The third kappa shape index (κ3) is 1.75. The summed E-state index contributed by atoms with van der Waals surface area (Å²) in [4.78, 5) is 0. The van der Waals surface area contributed by atoms with Crippen LogP contribution in [0.15, 0.2) is 28.6 Å². The van der Waals surface area contributed by atoms with Gasteiger partial charge in [0.1, 0.15) is 5.75 Å². The highest BCUT2D eigenvalue weighted by molar-refractivity contribution is 9.10. The summed E-state index contributed by atoms with van der Waals surface area (Å²) < 4.78 is 34.0. The van der Waals surface area contributed by atoms with Crippen molar-refractivity contribution in [2.24, 2.45) is 0 Å². The van der Waals surface area contributed by atoms with Gasteiger partial charge in [0.2, 0.25) is 0 Å². The van der Waals surface area contributed by atoms with Crippen molar-refractivity contribution in [3.05, 3.63) is 28.6 Å². The predicted octanol–water partition coefficient (Wildman–Crippen LogP) is 1.35. The summed E-state index contributed by atoms with van der Waals surface area (Å²) in [6, 6.07) is -1.35. The molecule has 4 heteroatoms. The topological polar surface area (TPSA) is 29.5 Å². The Morgan fingerprint density at radius 1 is 1.60 bits per heavy atom. The molecule has 0 heterocycles. The second-order valence-electron chi connectivity index (χ2n) is 1.37. The summed E-state index contributed by atoms with van der Waals surface area (Å²) in [6.07, 6.45) is 0. The molecule has 0 saturated heterocycles.